The van der Waals surface area contributed by atoms with E-state index in [1.807, 2.05) is 37.4 Å². The summed E-state index contributed by atoms with van der Waals surface area (Å²) in [6.07, 6.45) is 6.31. The highest BCUT2D eigenvalue weighted by Crippen LogP contribution is 2.36. The Bertz CT molecular complexity index is 1470. The van der Waals surface area contributed by atoms with E-state index in [2.05, 4.69) is 26.1 Å². The van der Waals surface area contributed by atoms with Crippen LogP contribution in [0.1, 0.15) is 37.3 Å². The van der Waals surface area contributed by atoms with E-state index in [1.54, 1.807) is 30.8 Å². The smallest absolute Gasteiger partial charge is 0.138 e. The third-order valence-electron chi connectivity index (χ3n) is 7.05. The maximum Gasteiger partial charge on any atom is 0.138 e. The molecule has 1 N–H and O–H groups in total. The van der Waals surface area contributed by atoms with Gasteiger partial charge < -0.3 is 19.3 Å². The average molecular weight is 500 g/mol. The maximum atomic E-state index is 10.1. The van der Waals surface area contributed by atoms with Gasteiger partial charge in [-0.05, 0) is 45.4 Å². The van der Waals surface area contributed by atoms with Crippen LogP contribution in [0.5, 0.6) is 5.75 Å². The zero-order valence-electron chi connectivity index (χ0n) is 21.1. The number of piperazine rings is 1. The van der Waals surface area contributed by atoms with Crippen molar-refractivity contribution in [1.82, 2.24) is 24.7 Å². The van der Waals surface area contributed by atoms with Crippen molar-refractivity contribution < 1.29 is 14.4 Å². The summed E-state index contributed by atoms with van der Waals surface area (Å²) in [4.78, 5) is 9.63. The number of aryl methyl sites for hydroxylation is 1. The van der Waals surface area contributed by atoms with Gasteiger partial charge in [-0.2, -0.15) is 10.4 Å². The summed E-state index contributed by atoms with van der Waals surface area (Å²) >= 11 is 0. The fourth-order valence-corrected chi connectivity index (χ4v) is 5.28. The highest BCUT2D eigenvalue weighted by molar-refractivity contribution is 5.85. The van der Waals surface area contributed by atoms with Crippen molar-refractivity contribution in [2.24, 2.45) is 0 Å². The largest absolute Gasteiger partial charge is 0.489 e. The van der Waals surface area contributed by atoms with Gasteiger partial charge in [0.05, 0.1) is 34.8 Å². The van der Waals surface area contributed by atoms with Crippen LogP contribution in [-0.4, -0.2) is 67.1 Å². The van der Waals surface area contributed by atoms with E-state index in [0.29, 0.717) is 28.9 Å². The Morgan fingerprint density at radius 2 is 2.03 bits per heavy atom. The van der Waals surface area contributed by atoms with Gasteiger partial charge in [0.25, 0.3) is 0 Å². The molecule has 3 saturated heterocycles. The fourth-order valence-electron chi connectivity index (χ4n) is 5.28. The molecule has 4 aromatic heterocycles. The lowest BCUT2D eigenvalue weighted by Crippen LogP contribution is -2.68. The summed E-state index contributed by atoms with van der Waals surface area (Å²) in [7, 11) is 0. The summed E-state index contributed by atoms with van der Waals surface area (Å²) < 4.78 is 12.7. The minimum atomic E-state index is -0.973. The summed E-state index contributed by atoms with van der Waals surface area (Å²) in [6.45, 7) is 8.10. The van der Waals surface area contributed by atoms with Crippen molar-refractivity contribution in [3.8, 4) is 22.9 Å². The first-order valence-corrected chi connectivity index (χ1v) is 12.4. The Kier molecular flexibility index (Phi) is 5.62. The molecule has 0 amide bonds. The van der Waals surface area contributed by atoms with E-state index in [9.17, 15) is 10.4 Å². The van der Waals surface area contributed by atoms with Crippen LogP contribution in [0.4, 0.5) is 5.82 Å². The van der Waals surface area contributed by atoms with Gasteiger partial charge in [0.1, 0.15) is 30.0 Å². The van der Waals surface area contributed by atoms with Crippen molar-refractivity contribution in [3.05, 3.63) is 59.9 Å². The monoisotopic (exact) mass is 499 g/mol. The first-order chi connectivity index (χ1) is 17.8. The van der Waals surface area contributed by atoms with Crippen LogP contribution in [0.3, 0.4) is 0 Å². The lowest BCUT2D eigenvalue weighted by atomic mass is 9.87. The topological polar surface area (TPSA) is 116 Å². The molecule has 10 heteroatoms. The SMILES string of the molecule is Cc1cc(CN2C3CC2CN(c2ccc(-c4cc(OCC(C)(C)O)cn5ncc(C#N)c45)cn2)C3)no1. The number of nitriles is 1. The molecule has 0 spiro atoms. The molecule has 2 atom stereocenters. The first-order valence-electron chi connectivity index (χ1n) is 12.4. The molecule has 4 aromatic rings. The molecule has 0 radical (unpaired) electrons. The Labute approximate surface area is 214 Å². The molecule has 37 heavy (non-hydrogen) atoms. The Morgan fingerprint density at radius 3 is 2.68 bits per heavy atom. The van der Waals surface area contributed by atoms with E-state index in [4.69, 9.17) is 14.2 Å². The van der Waals surface area contributed by atoms with E-state index in [1.165, 1.54) is 6.42 Å². The lowest BCUT2D eigenvalue weighted by molar-refractivity contribution is -0.0103. The quantitative estimate of drug-likeness (QED) is 0.409. The molecule has 3 fully saturated rings. The second-order valence-electron chi connectivity index (χ2n) is 10.6. The summed E-state index contributed by atoms with van der Waals surface area (Å²) in [5.74, 6) is 2.34. The second kappa shape index (κ2) is 8.87. The molecule has 10 nitrogen and oxygen atoms in total. The molecule has 0 aliphatic carbocycles. The van der Waals surface area contributed by atoms with E-state index >= 15 is 0 Å². The third-order valence-corrected chi connectivity index (χ3v) is 7.05. The minimum absolute atomic E-state index is 0.131. The van der Waals surface area contributed by atoms with Crippen LogP contribution >= 0.6 is 0 Å². The van der Waals surface area contributed by atoms with Gasteiger partial charge in [-0.15, -0.1) is 0 Å². The third kappa shape index (κ3) is 4.52. The van der Waals surface area contributed by atoms with Gasteiger partial charge in [0, 0.05) is 55.1 Å². The minimum Gasteiger partial charge on any atom is -0.489 e. The number of piperidine rings is 1. The Morgan fingerprint density at radius 1 is 1.22 bits per heavy atom. The van der Waals surface area contributed by atoms with Crippen LogP contribution in [0.15, 0.2) is 47.4 Å². The van der Waals surface area contributed by atoms with Gasteiger partial charge in [-0.1, -0.05) is 5.16 Å². The predicted octanol–water partition coefficient (Wildman–Crippen LogP) is 3.18. The molecular weight excluding hydrogens is 470 g/mol. The molecule has 7 heterocycles. The van der Waals surface area contributed by atoms with Gasteiger partial charge in [-0.3, -0.25) is 4.90 Å². The van der Waals surface area contributed by atoms with Crippen LogP contribution in [0.25, 0.3) is 16.6 Å². The van der Waals surface area contributed by atoms with E-state index in [-0.39, 0.29) is 6.61 Å². The Hall–Kier alpha value is -3.94. The van der Waals surface area contributed by atoms with Gasteiger partial charge in [-0.25, -0.2) is 9.50 Å². The summed E-state index contributed by atoms with van der Waals surface area (Å²) in [6, 6.07) is 11.1. The highest BCUT2D eigenvalue weighted by Gasteiger charge is 2.45. The normalized spacial score (nSPS) is 19.6. The summed E-state index contributed by atoms with van der Waals surface area (Å²) in [5, 5.41) is 28.2. The second-order valence-corrected chi connectivity index (χ2v) is 10.6. The zero-order chi connectivity index (χ0) is 25.7. The maximum absolute atomic E-state index is 10.1. The van der Waals surface area contributed by atoms with Crippen molar-refractivity contribution >= 4 is 11.3 Å². The molecule has 3 aliphatic rings. The van der Waals surface area contributed by atoms with Gasteiger partial charge in [0.2, 0.25) is 0 Å². The average Bonchev–Trinajstić information content (AvgIpc) is 3.50. The number of aromatic nitrogens is 4. The molecule has 3 aliphatic heterocycles. The molecule has 2 bridgehead atoms. The number of nitrogens with zero attached hydrogens (tertiary/aromatic N) is 7. The Balaban J connectivity index is 1.22. The molecule has 7 rings (SSSR count). The number of hydrogen-bond donors (Lipinski definition) is 1. The number of rotatable bonds is 7. The standard InChI is InChI=1S/C27H29N7O3/c1-17-6-20(31-37-17)12-33-21-7-22(33)14-32(13-21)25-5-4-18(10-29-25)24-8-23(36-16-27(2,3)35)15-34-26(24)19(9-28)11-30-34/h4-6,8,10-11,15,21-22,35H,7,12-14,16H2,1-3H3. The van der Waals surface area contributed by atoms with Gasteiger partial charge in [0.15, 0.2) is 0 Å². The van der Waals surface area contributed by atoms with Crippen molar-refractivity contribution in [1.29, 1.82) is 5.26 Å². The summed E-state index contributed by atoms with van der Waals surface area (Å²) in [5.41, 5.74) is 2.86. The molecule has 190 valence electrons. The zero-order valence-corrected chi connectivity index (χ0v) is 21.1. The van der Waals surface area contributed by atoms with Crippen molar-refractivity contribution in [3.63, 3.8) is 0 Å². The number of fused-ring (bicyclic) bond motifs is 3. The number of aliphatic hydroxyl groups is 1. The molecule has 2 unspecified atom stereocenters. The highest BCUT2D eigenvalue weighted by atomic mass is 16.5. The fraction of sp³-hybridized carbons (Fsp3) is 0.407. The van der Waals surface area contributed by atoms with Crippen LogP contribution in [-0.2, 0) is 6.54 Å². The van der Waals surface area contributed by atoms with Crippen LogP contribution < -0.4 is 9.64 Å². The number of anilines is 1. The number of pyridine rings is 2. The molecule has 0 saturated carbocycles. The lowest BCUT2D eigenvalue weighted by Gasteiger charge is -2.56. The van der Waals surface area contributed by atoms with Crippen molar-refractivity contribution in [2.45, 2.75) is 51.4 Å². The predicted molar refractivity (Wildman–Crippen MR) is 136 cm³/mol. The van der Waals surface area contributed by atoms with Gasteiger partial charge >= 0.3 is 0 Å². The number of ether oxygens (including phenoxy) is 1. The van der Waals surface area contributed by atoms with Crippen LogP contribution in [0, 0.1) is 18.3 Å². The first kappa shape index (κ1) is 23.5. The van der Waals surface area contributed by atoms with Crippen molar-refractivity contribution in [2.75, 3.05) is 24.6 Å². The molecule has 0 aromatic carbocycles. The molecular formula is C27H29N7O3. The van der Waals surface area contributed by atoms with E-state index in [0.717, 1.165) is 48.0 Å². The number of hydrogen-bond acceptors (Lipinski definition) is 9. The van der Waals surface area contributed by atoms with Crippen LogP contribution in [0.2, 0.25) is 0 Å². The van der Waals surface area contributed by atoms with E-state index < -0.39 is 5.60 Å².